The molecule has 0 saturated carbocycles. The summed E-state index contributed by atoms with van der Waals surface area (Å²) in [6, 6.07) is 9.31. The number of nitrogens with two attached hydrogens (primary N) is 1. The number of hydrogen-bond donors (Lipinski definition) is 1. The third kappa shape index (κ3) is 2.13. The van der Waals surface area contributed by atoms with E-state index >= 15 is 0 Å². The minimum Gasteiger partial charge on any atom is -0.382 e. The number of hydrogen-bond acceptors (Lipinski definition) is 4. The Kier molecular flexibility index (Phi) is 3.35. The highest BCUT2D eigenvalue weighted by atomic mass is 35.5. The molecule has 102 valence electrons. The topological polar surface area (TPSA) is 76.9 Å². The van der Waals surface area contributed by atoms with Crippen LogP contribution in [-0.2, 0) is 4.74 Å². The molecule has 0 amide bonds. The molecule has 0 bridgehead atoms. The van der Waals surface area contributed by atoms with E-state index in [9.17, 15) is 5.26 Å². The molecule has 0 unspecified atom stereocenters. The first-order chi connectivity index (χ1) is 9.70. The smallest absolute Gasteiger partial charge is 0.145 e. The number of benzene rings is 1. The number of halogens is 1. The SMILES string of the molecule is N#Cc1c([C@H]2CCCO2)nn(-c2cccc(Cl)c2)c1N. The van der Waals surface area contributed by atoms with Crippen molar-refractivity contribution in [3.8, 4) is 11.8 Å². The third-order valence-electron chi connectivity index (χ3n) is 3.35. The Bertz CT molecular complexity index is 683. The van der Waals surface area contributed by atoms with Crippen LogP contribution in [0.5, 0.6) is 0 Å². The zero-order chi connectivity index (χ0) is 14.1. The second kappa shape index (κ2) is 5.16. The van der Waals surface area contributed by atoms with Gasteiger partial charge in [0.2, 0.25) is 0 Å². The predicted octanol–water partition coefficient (Wildman–Crippen LogP) is 2.83. The fraction of sp³-hybridized carbons (Fsp3) is 0.286. The maximum Gasteiger partial charge on any atom is 0.145 e. The minimum atomic E-state index is -0.146. The first-order valence-corrected chi connectivity index (χ1v) is 6.74. The number of nitrogens with zero attached hydrogens (tertiary/aromatic N) is 3. The lowest BCUT2D eigenvalue weighted by molar-refractivity contribution is 0.108. The Morgan fingerprint density at radius 2 is 2.35 bits per heavy atom. The molecule has 2 heterocycles. The monoisotopic (exact) mass is 288 g/mol. The summed E-state index contributed by atoms with van der Waals surface area (Å²) < 4.78 is 7.14. The average molecular weight is 289 g/mol. The standard InChI is InChI=1S/C14H13ClN4O/c15-9-3-1-4-10(7-9)19-14(17)11(8-16)13(18-19)12-5-2-6-20-12/h1,3-4,7,12H,2,5-6,17H2/t12-/m1/s1. The summed E-state index contributed by atoms with van der Waals surface area (Å²) in [4.78, 5) is 0. The molecule has 5 nitrogen and oxygen atoms in total. The highest BCUT2D eigenvalue weighted by Gasteiger charge is 2.27. The molecule has 0 radical (unpaired) electrons. The molecule has 2 aromatic rings. The molecule has 1 aliphatic rings. The minimum absolute atomic E-state index is 0.146. The Morgan fingerprint density at radius 3 is 3.00 bits per heavy atom. The van der Waals surface area contributed by atoms with Gasteiger partial charge in [-0.25, -0.2) is 4.68 Å². The van der Waals surface area contributed by atoms with Crippen molar-refractivity contribution in [1.82, 2.24) is 9.78 Å². The first kappa shape index (κ1) is 13.0. The maximum absolute atomic E-state index is 9.31. The van der Waals surface area contributed by atoms with Gasteiger partial charge in [0.1, 0.15) is 29.2 Å². The molecule has 0 spiro atoms. The summed E-state index contributed by atoms with van der Waals surface area (Å²) in [7, 11) is 0. The van der Waals surface area contributed by atoms with Crippen molar-refractivity contribution >= 4 is 17.4 Å². The van der Waals surface area contributed by atoms with Gasteiger partial charge in [-0.05, 0) is 31.0 Å². The number of nitriles is 1. The van der Waals surface area contributed by atoms with E-state index in [-0.39, 0.29) is 6.10 Å². The molecule has 1 saturated heterocycles. The van der Waals surface area contributed by atoms with Crippen molar-refractivity contribution < 1.29 is 4.74 Å². The van der Waals surface area contributed by atoms with Crippen LogP contribution in [0.15, 0.2) is 24.3 Å². The van der Waals surface area contributed by atoms with Crippen molar-refractivity contribution in [2.45, 2.75) is 18.9 Å². The summed E-state index contributed by atoms with van der Waals surface area (Å²) in [5.41, 5.74) is 7.78. The Morgan fingerprint density at radius 1 is 1.50 bits per heavy atom. The van der Waals surface area contributed by atoms with Gasteiger partial charge in [-0.1, -0.05) is 17.7 Å². The van der Waals surface area contributed by atoms with E-state index in [1.165, 1.54) is 0 Å². The van der Waals surface area contributed by atoms with Crippen LogP contribution in [-0.4, -0.2) is 16.4 Å². The molecule has 1 aromatic heterocycles. The lowest BCUT2D eigenvalue weighted by Gasteiger charge is -2.05. The van der Waals surface area contributed by atoms with Crippen molar-refractivity contribution in [1.29, 1.82) is 5.26 Å². The summed E-state index contributed by atoms with van der Waals surface area (Å²) >= 11 is 5.98. The number of ether oxygens (including phenoxy) is 1. The summed E-state index contributed by atoms with van der Waals surface area (Å²) in [6.45, 7) is 0.694. The number of aromatic nitrogens is 2. The molecule has 2 N–H and O–H groups in total. The third-order valence-corrected chi connectivity index (χ3v) is 3.58. The van der Waals surface area contributed by atoms with E-state index in [0.29, 0.717) is 28.7 Å². The highest BCUT2D eigenvalue weighted by Crippen LogP contribution is 2.33. The van der Waals surface area contributed by atoms with Crippen molar-refractivity contribution in [3.05, 3.63) is 40.5 Å². The van der Waals surface area contributed by atoms with Gasteiger partial charge >= 0.3 is 0 Å². The summed E-state index contributed by atoms with van der Waals surface area (Å²) in [5.74, 6) is 0.320. The quantitative estimate of drug-likeness (QED) is 0.922. The van der Waals surface area contributed by atoms with Gasteiger partial charge in [0, 0.05) is 11.6 Å². The van der Waals surface area contributed by atoms with Crippen LogP contribution in [0, 0.1) is 11.3 Å². The summed E-state index contributed by atoms with van der Waals surface area (Å²) in [6.07, 6.45) is 1.69. The molecule has 6 heteroatoms. The van der Waals surface area contributed by atoms with Gasteiger partial charge in [-0.15, -0.1) is 0 Å². The van der Waals surface area contributed by atoms with Gasteiger partial charge < -0.3 is 10.5 Å². The normalized spacial score (nSPS) is 18.1. The average Bonchev–Trinajstić information content (AvgIpc) is 3.05. The molecule has 1 aliphatic heterocycles. The van der Waals surface area contributed by atoms with Gasteiger partial charge in [0.25, 0.3) is 0 Å². The molecule has 1 fully saturated rings. The largest absolute Gasteiger partial charge is 0.382 e. The molecule has 0 aliphatic carbocycles. The Labute approximate surface area is 121 Å². The zero-order valence-electron chi connectivity index (χ0n) is 10.7. The fourth-order valence-corrected chi connectivity index (χ4v) is 2.57. The molecular weight excluding hydrogens is 276 g/mol. The summed E-state index contributed by atoms with van der Waals surface area (Å²) in [5, 5.41) is 14.4. The van der Waals surface area contributed by atoms with Crippen LogP contribution >= 0.6 is 11.6 Å². The van der Waals surface area contributed by atoms with Crippen molar-refractivity contribution in [2.24, 2.45) is 0 Å². The van der Waals surface area contributed by atoms with Gasteiger partial charge in [-0.2, -0.15) is 10.4 Å². The van der Waals surface area contributed by atoms with E-state index in [4.69, 9.17) is 22.1 Å². The molecular formula is C14H13ClN4O. The fourth-order valence-electron chi connectivity index (χ4n) is 2.39. The Balaban J connectivity index is 2.11. The second-order valence-electron chi connectivity index (χ2n) is 4.65. The second-order valence-corrected chi connectivity index (χ2v) is 5.09. The van der Waals surface area contributed by atoms with Crippen LogP contribution in [0.2, 0.25) is 5.02 Å². The van der Waals surface area contributed by atoms with E-state index < -0.39 is 0 Å². The lowest BCUT2D eigenvalue weighted by Crippen LogP contribution is -2.03. The van der Waals surface area contributed by atoms with Crippen LogP contribution in [0.25, 0.3) is 5.69 Å². The van der Waals surface area contributed by atoms with E-state index in [0.717, 1.165) is 18.5 Å². The van der Waals surface area contributed by atoms with Crippen molar-refractivity contribution in [2.75, 3.05) is 12.3 Å². The van der Waals surface area contributed by atoms with E-state index in [1.54, 1.807) is 16.8 Å². The van der Waals surface area contributed by atoms with Crippen molar-refractivity contribution in [3.63, 3.8) is 0 Å². The van der Waals surface area contributed by atoms with Gasteiger partial charge in [0.15, 0.2) is 0 Å². The van der Waals surface area contributed by atoms with Crippen LogP contribution in [0.4, 0.5) is 5.82 Å². The van der Waals surface area contributed by atoms with Gasteiger partial charge in [-0.3, -0.25) is 0 Å². The zero-order valence-corrected chi connectivity index (χ0v) is 11.5. The number of anilines is 1. The number of rotatable bonds is 2. The van der Waals surface area contributed by atoms with E-state index in [1.807, 2.05) is 12.1 Å². The highest BCUT2D eigenvalue weighted by molar-refractivity contribution is 6.30. The maximum atomic E-state index is 9.31. The Hall–Kier alpha value is -2.03. The first-order valence-electron chi connectivity index (χ1n) is 6.36. The molecule has 1 atom stereocenters. The molecule has 3 rings (SSSR count). The molecule has 1 aromatic carbocycles. The van der Waals surface area contributed by atoms with Crippen LogP contribution in [0.3, 0.4) is 0 Å². The number of nitrogen functional groups attached to an aromatic ring is 1. The van der Waals surface area contributed by atoms with Gasteiger partial charge in [0.05, 0.1) is 5.69 Å². The molecule has 20 heavy (non-hydrogen) atoms. The van der Waals surface area contributed by atoms with Crippen LogP contribution < -0.4 is 5.73 Å². The van der Waals surface area contributed by atoms with Crippen LogP contribution in [0.1, 0.15) is 30.2 Å². The lowest BCUT2D eigenvalue weighted by atomic mass is 10.1. The van der Waals surface area contributed by atoms with E-state index in [2.05, 4.69) is 11.2 Å². The predicted molar refractivity (Wildman–Crippen MR) is 75.6 cm³/mol.